The van der Waals surface area contributed by atoms with E-state index in [0.717, 1.165) is 6.42 Å². The Labute approximate surface area is 84.4 Å². The van der Waals surface area contributed by atoms with Gasteiger partial charge in [-0.15, -0.1) is 0 Å². The van der Waals surface area contributed by atoms with E-state index in [2.05, 4.69) is 5.32 Å². The normalized spacial score (nSPS) is 20.4. The van der Waals surface area contributed by atoms with E-state index >= 15 is 0 Å². The molecule has 1 N–H and O–H groups in total. The van der Waals surface area contributed by atoms with E-state index in [1.807, 2.05) is 0 Å². The number of rotatable bonds is 3. The highest BCUT2D eigenvalue weighted by molar-refractivity contribution is 7.90. The Morgan fingerprint density at radius 1 is 1.57 bits per heavy atom. The Morgan fingerprint density at radius 2 is 2.21 bits per heavy atom. The molecule has 0 saturated carbocycles. The van der Waals surface area contributed by atoms with Crippen LogP contribution in [0, 0.1) is 0 Å². The molecule has 82 valence electrons. The molecule has 0 radical (unpaired) electrons. The summed E-state index contributed by atoms with van der Waals surface area (Å²) in [5, 5.41) is 2.69. The van der Waals surface area contributed by atoms with Crippen LogP contribution < -0.4 is 5.32 Å². The van der Waals surface area contributed by atoms with Gasteiger partial charge in [0.25, 0.3) is 0 Å². The molecule has 1 fully saturated rings. The second-order valence-corrected chi connectivity index (χ2v) is 5.91. The van der Waals surface area contributed by atoms with Crippen LogP contribution in [0.2, 0.25) is 0 Å². The van der Waals surface area contributed by atoms with E-state index in [1.54, 1.807) is 11.8 Å². The summed E-state index contributed by atoms with van der Waals surface area (Å²) in [5.74, 6) is 0.0282. The minimum Gasteiger partial charge on any atom is -0.338 e. The quantitative estimate of drug-likeness (QED) is 0.718. The number of nitrogens with one attached hydrogen (secondary N) is 1. The highest BCUT2D eigenvalue weighted by Crippen LogP contribution is 2.07. The van der Waals surface area contributed by atoms with E-state index in [-0.39, 0.29) is 17.8 Å². The first-order valence-corrected chi connectivity index (χ1v) is 6.68. The lowest BCUT2D eigenvalue weighted by molar-refractivity contribution is 0.171. The SMILES string of the molecule is CC(CS(C)(=O)=O)N1CCCNC1=O. The minimum absolute atomic E-state index is 0.0282. The van der Waals surface area contributed by atoms with Crippen molar-refractivity contribution >= 4 is 15.9 Å². The third kappa shape index (κ3) is 3.17. The van der Waals surface area contributed by atoms with Gasteiger partial charge in [0.2, 0.25) is 0 Å². The molecule has 14 heavy (non-hydrogen) atoms. The molecule has 0 aromatic heterocycles. The molecular formula is C8H16N2O3S. The fraction of sp³-hybridized carbons (Fsp3) is 0.875. The summed E-state index contributed by atoms with van der Waals surface area (Å²) in [6.45, 7) is 3.08. The van der Waals surface area contributed by atoms with E-state index in [1.165, 1.54) is 6.26 Å². The second-order valence-electron chi connectivity index (χ2n) is 3.72. The number of nitrogens with zero attached hydrogens (tertiary/aromatic N) is 1. The van der Waals surface area contributed by atoms with Crippen LogP contribution in [0.1, 0.15) is 13.3 Å². The molecule has 1 rings (SSSR count). The summed E-state index contributed by atoms with van der Waals surface area (Å²) in [7, 11) is -3.02. The average Bonchev–Trinajstić information content (AvgIpc) is 2.01. The molecule has 6 heteroatoms. The number of hydrogen-bond acceptors (Lipinski definition) is 3. The highest BCUT2D eigenvalue weighted by atomic mass is 32.2. The third-order valence-corrected chi connectivity index (χ3v) is 3.28. The Hall–Kier alpha value is -0.780. The van der Waals surface area contributed by atoms with Crippen LogP contribution in [0.4, 0.5) is 4.79 Å². The zero-order valence-corrected chi connectivity index (χ0v) is 9.30. The lowest BCUT2D eigenvalue weighted by Crippen LogP contribution is -2.52. The monoisotopic (exact) mass is 220 g/mol. The van der Waals surface area contributed by atoms with E-state index < -0.39 is 9.84 Å². The largest absolute Gasteiger partial charge is 0.338 e. The van der Waals surface area contributed by atoms with Crippen molar-refractivity contribution in [1.29, 1.82) is 0 Å². The summed E-state index contributed by atoms with van der Waals surface area (Å²) >= 11 is 0. The molecular weight excluding hydrogens is 204 g/mol. The van der Waals surface area contributed by atoms with Crippen LogP contribution in [0.25, 0.3) is 0 Å². The van der Waals surface area contributed by atoms with Crippen molar-refractivity contribution in [2.45, 2.75) is 19.4 Å². The van der Waals surface area contributed by atoms with Crippen LogP contribution in [0.3, 0.4) is 0 Å². The topological polar surface area (TPSA) is 66.5 Å². The van der Waals surface area contributed by atoms with Crippen molar-refractivity contribution in [2.24, 2.45) is 0 Å². The molecule has 0 aromatic carbocycles. The van der Waals surface area contributed by atoms with Crippen LogP contribution in [-0.4, -0.2) is 50.5 Å². The van der Waals surface area contributed by atoms with Gasteiger partial charge in [0.1, 0.15) is 9.84 Å². The zero-order valence-electron chi connectivity index (χ0n) is 8.49. The van der Waals surface area contributed by atoms with Crippen molar-refractivity contribution in [2.75, 3.05) is 25.1 Å². The van der Waals surface area contributed by atoms with Gasteiger partial charge in [0, 0.05) is 25.4 Å². The van der Waals surface area contributed by atoms with Gasteiger partial charge in [-0.3, -0.25) is 0 Å². The number of urea groups is 1. The molecule has 1 saturated heterocycles. The predicted octanol–water partition coefficient (Wildman–Crippen LogP) is -0.165. The first-order chi connectivity index (χ1) is 6.40. The highest BCUT2D eigenvalue weighted by Gasteiger charge is 2.24. The van der Waals surface area contributed by atoms with Crippen LogP contribution in [0.15, 0.2) is 0 Å². The molecule has 0 spiro atoms. The van der Waals surface area contributed by atoms with Crippen molar-refractivity contribution in [3.63, 3.8) is 0 Å². The van der Waals surface area contributed by atoms with Gasteiger partial charge in [-0.2, -0.15) is 0 Å². The van der Waals surface area contributed by atoms with Gasteiger partial charge >= 0.3 is 6.03 Å². The van der Waals surface area contributed by atoms with Gasteiger partial charge < -0.3 is 10.2 Å². The molecule has 1 aliphatic rings. The second kappa shape index (κ2) is 4.16. The van der Waals surface area contributed by atoms with E-state index in [9.17, 15) is 13.2 Å². The zero-order chi connectivity index (χ0) is 10.8. The van der Waals surface area contributed by atoms with E-state index in [4.69, 9.17) is 0 Å². The molecule has 1 unspecified atom stereocenters. The van der Waals surface area contributed by atoms with Crippen LogP contribution in [-0.2, 0) is 9.84 Å². The lowest BCUT2D eigenvalue weighted by atomic mass is 10.2. The summed E-state index contributed by atoms with van der Waals surface area (Å²) in [6, 6.07) is -0.405. The number of hydrogen-bond donors (Lipinski definition) is 1. The molecule has 0 aliphatic carbocycles. The Balaban J connectivity index is 2.59. The van der Waals surface area contributed by atoms with Gasteiger partial charge in [-0.05, 0) is 13.3 Å². The smallest absolute Gasteiger partial charge is 0.317 e. The third-order valence-electron chi connectivity index (χ3n) is 2.19. The maximum Gasteiger partial charge on any atom is 0.317 e. The summed E-state index contributed by atoms with van der Waals surface area (Å²) < 4.78 is 22.1. The molecule has 1 heterocycles. The predicted molar refractivity (Wildman–Crippen MR) is 53.9 cm³/mol. The van der Waals surface area contributed by atoms with Gasteiger partial charge in [0.05, 0.1) is 5.75 Å². The first kappa shape index (κ1) is 11.3. The number of sulfone groups is 1. The molecule has 5 nitrogen and oxygen atoms in total. The van der Waals surface area contributed by atoms with Gasteiger partial charge in [0.15, 0.2) is 0 Å². The van der Waals surface area contributed by atoms with Crippen molar-refractivity contribution in [3.05, 3.63) is 0 Å². The fourth-order valence-corrected chi connectivity index (χ4v) is 2.65. The summed E-state index contributed by atoms with van der Waals surface area (Å²) in [4.78, 5) is 12.9. The van der Waals surface area contributed by atoms with Crippen LogP contribution >= 0.6 is 0 Å². The number of amides is 2. The average molecular weight is 220 g/mol. The van der Waals surface area contributed by atoms with E-state index in [0.29, 0.717) is 13.1 Å². The minimum atomic E-state index is -3.02. The van der Waals surface area contributed by atoms with Gasteiger partial charge in [-0.1, -0.05) is 0 Å². The Kier molecular flexibility index (Phi) is 3.36. The molecule has 0 bridgehead atoms. The molecule has 1 aliphatic heterocycles. The lowest BCUT2D eigenvalue weighted by Gasteiger charge is -2.32. The first-order valence-electron chi connectivity index (χ1n) is 4.62. The number of carbonyl (C=O) groups is 1. The molecule has 2 amide bonds. The standard InChI is InChI=1S/C8H16N2O3S/c1-7(6-14(2,12)13)10-5-3-4-9-8(10)11/h7H,3-6H2,1-2H3,(H,9,11). The molecule has 0 aromatic rings. The van der Waals surface area contributed by atoms with Crippen LogP contribution in [0.5, 0.6) is 0 Å². The summed E-state index contributed by atoms with van der Waals surface area (Å²) in [6.07, 6.45) is 2.06. The fourth-order valence-electron chi connectivity index (χ4n) is 1.60. The van der Waals surface area contributed by atoms with Crippen molar-refractivity contribution < 1.29 is 13.2 Å². The maximum atomic E-state index is 11.3. The Bertz CT molecular complexity index is 313. The summed E-state index contributed by atoms with van der Waals surface area (Å²) in [5.41, 5.74) is 0. The van der Waals surface area contributed by atoms with Gasteiger partial charge in [-0.25, -0.2) is 13.2 Å². The maximum absolute atomic E-state index is 11.3. The Morgan fingerprint density at radius 3 is 2.71 bits per heavy atom. The number of carbonyl (C=O) groups excluding carboxylic acids is 1. The van der Waals surface area contributed by atoms with Crippen molar-refractivity contribution in [1.82, 2.24) is 10.2 Å². The molecule has 1 atom stereocenters. The van der Waals surface area contributed by atoms with Crippen molar-refractivity contribution in [3.8, 4) is 0 Å².